The molecule has 3 heteroatoms. The summed E-state index contributed by atoms with van der Waals surface area (Å²) in [7, 11) is 0. The van der Waals surface area contributed by atoms with Crippen LogP contribution in [0, 0.1) is 5.92 Å². The molecular weight excluding hydrogens is 244 g/mol. The van der Waals surface area contributed by atoms with E-state index >= 15 is 0 Å². The Balaban J connectivity index is 2.14. The third-order valence-corrected chi connectivity index (χ3v) is 4.33. The first-order valence-electron chi connectivity index (χ1n) is 6.91. The van der Waals surface area contributed by atoms with E-state index < -0.39 is 0 Å². The molecule has 1 unspecified atom stereocenters. The molecule has 2 nitrogen and oxygen atoms in total. The van der Waals surface area contributed by atoms with Crippen molar-refractivity contribution in [1.82, 2.24) is 0 Å². The Hall–Kier alpha value is -0.830. The SMILES string of the molecule is CC(C)OC(=O)C(c1ccsc1)C1CCCCC1. The summed E-state index contributed by atoms with van der Waals surface area (Å²) < 4.78 is 5.46. The Bertz CT molecular complexity index is 364. The summed E-state index contributed by atoms with van der Waals surface area (Å²) in [6, 6.07) is 2.07. The third kappa shape index (κ3) is 3.35. The minimum absolute atomic E-state index is 0.0257. The van der Waals surface area contributed by atoms with E-state index in [0.717, 1.165) is 18.4 Å². The van der Waals surface area contributed by atoms with Crippen molar-refractivity contribution in [1.29, 1.82) is 0 Å². The number of hydrogen-bond acceptors (Lipinski definition) is 3. The Kier molecular flexibility index (Phi) is 4.81. The number of carbonyl (C=O) groups excluding carboxylic acids is 1. The monoisotopic (exact) mass is 266 g/mol. The fourth-order valence-corrected chi connectivity index (χ4v) is 3.52. The van der Waals surface area contributed by atoms with Crippen LogP contribution in [-0.2, 0) is 9.53 Å². The smallest absolute Gasteiger partial charge is 0.313 e. The number of ether oxygens (including phenoxy) is 1. The van der Waals surface area contributed by atoms with Crippen molar-refractivity contribution in [3.63, 3.8) is 0 Å². The standard InChI is InChI=1S/C15H22O2S/c1-11(2)17-15(16)14(13-8-9-18-10-13)12-6-4-3-5-7-12/h8-12,14H,3-7H2,1-2H3. The van der Waals surface area contributed by atoms with Crippen LogP contribution in [0.1, 0.15) is 57.4 Å². The molecule has 0 aromatic carbocycles. The van der Waals surface area contributed by atoms with Crippen LogP contribution in [0.4, 0.5) is 0 Å². The van der Waals surface area contributed by atoms with Gasteiger partial charge in [-0.25, -0.2) is 0 Å². The molecule has 1 atom stereocenters. The Morgan fingerprint density at radius 1 is 1.33 bits per heavy atom. The van der Waals surface area contributed by atoms with Crippen LogP contribution in [0.25, 0.3) is 0 Å². The molecule has 0 saturated heterocycles. The number of hydrogen-bond donors (Lipinski definition) is 0. The van der Waals surface area contributed by atoms with Crippen molar-refractivity contribution in [2.24, 2.45) is 5.92 Å². The number of thiophene rings is 1. The fraction of sp³-hybridized carbons (Fsp3) is 0.667. The normalized spacial score (nSPS) is 18.8. The molecule has 1 aliphatic carbocycles. The van der Waals surface area contributed by atoms with Gasteiger partial charge in [0.2, 0.25) is 0 Å². The first kappa shape index (κ1) is 13.6. The molecule has 1 saturated carbocycles. The highest BCUT2D eigenvalue weighted by molar-refractivity contribution is 7.08. The first-order chi connectivity index (χ1) is 8.68. The highest BCUT2D eigenvalue weighted by atomic mass is 32.1. The van der Waals surface area contributed by atoms with Crippen LogP contribution in [0.5, 0.6) is 0 Å². The van der Waals surface area contributed by atoms with E-state index in [0.29, 0.717) is 5.92 Å². The van der Waals surface area contributed by atoms with Gasteiger partial charge in [0.1, 0.15) is 0 Å². The highest BCUT2D eigenvalue weighted by Crippen LogP contribution is 2.37. The molecule has 1 aromatic heterocycles. The third-order valence-electron chi connectivity index (χ3n) is 3.63. The molecule has 100 valence electrons. The second kappa shape index (κ2) is 6.37. The van der Waals surface area contributed by atoms with Gasteiger partial charge in [0.25, 0.3) is 0 Å². The van der Waals surface area contributed by atoms with Crippen molar-refractivity contribution in [3.8, 4) is 0 Å². The van der Waals surface area contributed by atoms with Gasteiger partial charge in [0.05, 0.1) is 12.0 Å². The summed E-state index contributed by atoms with van der Waals surface area (Å²) in [6.07, 6.45) is 6.11. The predicted molar refractivity (Wildman–Crippen MR) is 74.9 cm³/mol. The molecule has 0 spiro atoms. The molecule has 0 radical (unpaired) electrons. The van der Waals surface area contributed by atoms with Crippen LogP contribution in [0.2, 0.25) is 0 Å². The maximum Gasteiger partial charge on any atom is 0.313 e. The zero-order chi connectivity index (χ0) is 13.0. The lowest BCUT2D eigenvalue weighted by molar-refractivity contribution is -0.151. The molecule has 0 aliphatic heterocycles. The lowest BCUT2D eigenvalue weighted by atomic mass is 9.77. The maximum atomic E-state index is 12.3. The van der Waals surface area contributed by atoms with Crippen LogP contribution in [0.15, 0.2) is 16.8 Å². The molecule has 0 bridgehead atoms. The van der Waals surface area contributed by atoms with Crippen LogP contribution in [0.3, 0.4) is 0 Å². The molecule has 0 N–H and O–H groups in total. The summed E-state index contributed by atoms with van der Waals surface area (Å²) in [5, 5.41) is 4.15. The van der Waals surface area contributed by atoms with Crippen molar-refractivity contribution >= 4 is 17.3 Å². The first-order valence-corrected chi connectivity index (χ1v) is 7.85. The summed E-state index contributed by atoms with van der Waals surface area (Å²) in [5.41, 5.74) is 1.15. The minimum Gasteiger partial charge on any atom is -0.462 e. The van der Waals surface area contributed by atoms with Gasteiger partial charge in [-0.15, -0.1) is 0 Å². The molecule has 18 heavy (non-hydrogen) atoms. The van der Waals surface area contributed by atoms with Crippen LogP contribution in [-0.4, -0.2) is 12.1 Å². The van der Waals surface area contributed by atoms with Crippen molar-refractivity contribution in [2.45, 2.75) is 58.0 Å². The zero-order valence-corrected chi connectivity index (χ0v) is 12.0. The summed E-state index contributed by atoms with van der Waals surface area (Å²) >= 11 is 1.66. The van der Waals surface area contributed by atoms with E-state index in [9.17, 15) is 4.79 Å². The number of rotatable bonds is 4. The second-order valence-corrected chi connectivity index (χ2v) is 6.20. The summed E-state index contributed by atoms with van der Waals surface area (Å²) in [5.74, 6) is 0.397. The lowest BCUT2D eigenvalue weighted by Gasteiger charge is -2.29. The quantitative estimate of drug-likeness (QED) is 0.757. The zero-order valence-electron chi connectivity index (χ0n) is 11.2. The topological polar surface area (TPSA) is 26.3 Å². The lowest BCUT2D eigenvalue weighted by Crippen LogP contribution is -2.27. The molecular formula is C15H22O2S. The van der Waals surface area contributed by atoms with Gasteiger partial charge in [0.15, 0.2) is 0 Å². The van der Waals surface area contributed by atoms with Gasteiger partial charge in [-0.2, -0.15) is 11.3 Å². The molecule has 1 heterocycles. The van der Waals surface area contributed by atoms with Crippen molar-refractivity contribution < 1.29 is 9.53 Å². The number of carbonyl (C=O) groups is 1. The molecule has 2 rings (SSSR count). The number of esters is 1. The largest absolute Gasteiger partial charge is 0.462 e. The van der Waals surface area contributed by atoms with E-state index in [4.69, 9.17) is 4.74 Å². The predicted octanol–water partition coefficient (Wildman–Crippen LogP) is 4.36. The van der Waals surface area contributed by atoms with Crippen LogP contribution < -0.4 is 0 Å². The van der Waals surface area contributed by atoms with E-state index in [-0.39, 0.29) is 18.0 Å². The van der Waals surface area contributed by atoms with Crippen molar-refractivity contribution in [3.05, 3.63) is 22.4 Å². The Morgan fingerprint density at radius 2 is 2.06 bits per heavy atom. The van der Waals surface area contributed by atoms with Crippen molar-refractivity contribution in [2.75, 3.05) is 0 Å². The van der Waals surface area contributed by atoms with Gasteiger partial charge in [-0.1, -0.05) is 19.3 Å². The second-order valence-electron chi connectivity index (χ2n) is 5.42. The minimum atomic E-state index is -0.0426. The average Bonchev–Trinajstić information content (AvgIpc) is 2.83. The molecule has 1 fully saturated rings. The van der Waals surface area contributed by atoms with E-state index in [2.05, 4.69) is 11.4 Å². The van der Waals surface area contributed by atoms with E-state index in [1.165, 1.54) is 19.3 Å². The van der Waals surface area contributed by atoms with Gasteiger partial charge >= 0.3 is 5.97 Å². The highest BCUT2D eigenvalue weighted by Gasteiger charge is 2.32. The summed E-state index contributed by atoms with van der Waals surface area (Å²) in [6.45, 7) is 3.84. The summed E-state index contributed by atoms with van der Waals surface area (Å²) in [4.78, 5) is 12.3. The van der Waals surface area contributed by atoms with Gasteiger partial charge in [0, 0.05) is 0 Å². The van der Waals surface area contributed by atoms with Gasteiger partial charge in [-0.05, 0) is 55.0 Å². The fourth-order valence-electron chi connectivity index (χ4n) is 2.83. The maximum absolute atomic E-state index is 12.3. The Labute approximate surface area is 113 Å². The van der Waals surface area contributed by atoms with E-state index in [1.807, 2.05) is 19.2 Å². The van der Waals surface area contributed by atoms with Gasteiger partial charge in [-0.3, -0.25) is 4.79 Å². The molecule has 0 amide bonds. The Morgan fingerprint density at radius 3 is 2.61 bits per heavy atom. The van der Waals surface area contributed by atoms with Crippen LogP contribution >= 0.6 is 11.3 Å². The molecule has 1 aliphatic rings. The van der Waals surface area contributed by atoms with Gasteiger partial charge < -0.3 is 4.74 Å². The molecule has 1 aromatic rings. The van der Waals surface area contributed by atoms with E-state index in [1.54, 1.807) is 11.3 Å². The average molecular weight is 266 g/mol.